The van der Waals surface area contributed by atoms with Crippen molar-refractivity contribution in [1.29, 1.82) is 0 Å². The number of benzene rings is 1. The van der Waals surface area contributed by atoms with Gasteiger partial charge in [-0.05, 0) is 94.5 Å². The maximum Gasteiger partial charge on any atom is 0.320 e. The van der Waals surface area contributed by atoms with Gasteiger partial charge in [-0.15, -0.1) is 0 Å². The van der Waals surface area contributed by atoms with Crippen molar-refractivity contribution in [3.05, 3.63) is 40.5 Å². The number of amides is 2. The van der Waals surface area contributed by atoms with Gasteiger partial charge in [0.2, 0.25) is 5.95 Å². The van der Waals surface area contributed by atoms with Crippen molar-refractivity contribution in [2.24, 2.45) is 17.8 Å². The van der Waals surface area contributed by atoms with E-state index in [1.807, 2.05) is 6.07 Å². The zero-order chi connectivity index (χ0) is 29.6. The molecular weight excluding hydrogens is 583 g/mol. The first-order chi connectivity index (χ1) is 20.8. The molecule has 0 spiro atoms. The summed E-state index contributed by atoms with van der Waals surface area (Å²) in [7, 11) is 2.17. The van der Waals surface area contributed by atoms with Crippen LogP contribution >= 0.6 is 23.2 Å². The van der Waals surface area contributed by atoms with Gasteiger partial charge >= 0.3 is 6.03 Å². The molecule has 3 heterocycles. The Kier molecular flexibility index (Phi) is 8.09. The maximum atomic E-state index is 13.6. The molecule has 4 bridgehead atoms. The average molecular weight is 624 g/mol. The number of rotatable bonds is 8. The normalized spacial score (nSPS) is 27.0. The van der Waals surface area contributed by atoms with E-state index in [0.717, 1.165) is 88.1 Å². The first kappa shape index (κ1) is 29.0. The fourth-order valence-electron chi connectivity index (χ4n) is 8.31. The summed E-state index contributed by atoms with van der Waals surface area (Å²) in [6.45, 7) is 6.26. The molecule has 0 atom stereocenters. The summed E-state index contributed by atoms with van der Waals surface area (Å²) < 4.78 is 0. The van der Waals surface area contributed by atoms with Crippen molar-refractivity contribution in [2.45, 2.75) is 50.5 Å². The van der Waals surface area contributed by atoms with Crippen LogP contribution in [0.4, 0.5) is 16.6 Å². The van der Waals surface area contributed by atoms with Crippen LogP contribution in [0.15, 0.2) is 30.5 Å². The van der Waals surface area contributed by atoms with Crippen molar-refractivity contribution in [2.75, 3.05) is 56.9 Å². The third-order valence-corrected chi connectivity index (χ3v) is 10.6. The Morgan fingerprint density at radius 3 is 2.35 bits per heavy atom. The second-order valence-corrected chi connectivity index (χ2v) is 14.1. The van der Waals surface area contributed by atoms with Crippen LogP contribution in [0.3, 0.4) is 0 Å². The lowest BCUT2D eigenvalue weighted by Gasteiger charge is -2.56. The zero-order valence-corrected chi connectivity index (χ0v) is 26.2. The topological polar surface area (TPSA) is 98.3 Å². The van der Waals surface area contributed by atoms with Crippen LogP contribution in [0.5, 0.6) is 0 Å². The molecular formula is C32H40Cl2N8O. The highest BCUT2D eigenvalue weighted by Crippen LogP contribution is 2.55. The molecule has 2 aromatic heterocycles. The molecule has 1 aromatic carbocycles. The Morgan fingerprint density at radius 2 is 1.67 bits per heavy atom. The third-order valence-electron chi connectivity index (χ3n) is 9.98. The molecule has 5 fully saturated rings. The molecule has 11 heteroatoms. The van der Waals surface area contributed by atoms with E-state index in [4.69, 9.17) is 33.2 Å². The van der Waals surface area contributed by atoms with E-state index in [1.165, 1.54) is 19.3 Å². The highest BCUT2D eigenvalue weighted by molar-refractivity contribution is 6.39. The molecule has 9 nitrogen and oxygen atoms in total. The molecule has 0 unspecified atom stereocenters. The number of aromatic nitrogens is 3. The number of pyridine rings is 1. The number of fused-ring (bicyclic) bond motifs is 1. The van der Waals surface area contributed by atoms with Crippen LogP contribution in [0.1, 0.15) is 44.9 Å². The minimum atomic E-state index is -0.241. The van der Waals surface area contributed by atoms with Gasteiger partial charge in [-0.25, -0.2) is 14.8 Å². The van der Waals surface area contributed by atoms with E-state index >= 15 is 0 Å². The molecule has 4 aliphatic carbocycles. The smallest absolute Gasteiger partial charge is 0.320 e. The molecule has 2 amide bonds. The average Bonchev–Trinajstić information content (AvgIpc) is 2.95. The number of carbonyl (C=O) groups excluding carboxylic acids is 1. The van der Waals surface area contributed by atoms with Crippen molar-refractivity contribution in [3.63, 3.8) is 0 Å². The fraction of sp³-hybridized carbons (Fsp3) is 0.562. The molecule has 228 valence electrons. The van der Waals surface area contributed by atoms with E-state index in [2.05, 4.69) is 37.8 Å². The molecule has 43 heavy (non-hydrogen) atoms. The van der Waals surface area contributed by atoms with Gasteiger partial charge in [-0.3, -0.25) is 5.32 Å². The van der Waals surface area contributed by atoms with Crippen LogP contribution in [0.2, 0.25) is 10.0 Å². The number of likely N-dealkylation sites (N-methyl/N-ethyl adjacent to an activating group) is 1. The van der Waals surface area contributed by atoms with E-state index < -0.39 is 0 Å². The Balaban J connectivity index is 1.11. The van der Waals surface area contributed by atoms with Crippen molar-refractivity contribution < 1.29 is 4.79 Å². The first-order valence-electron chi connectivity index (χ1n) is 15.7. The molecule has 5 aliphatic rings. The van der Waals surface area contributed by atoms with Crippen LogP contribution in [-0.2, 0) is 0 Å². The van der Waals surface area contributed by atoms with E-state index in [-0.39, 0.29) is 11.6 Å². The number of halogens is 2. The van der Waals surface area contributed by atoms with Crippen LogP contribution in [-0.4, -0.2) is 82.6 Å². The minimum Gasteiger partial charge on any atom is -0.354 e. The molecule has 8 rings (SSSR count). The standard InChI is InChI=1S/C32H40Cl2N8O/c1-41-8-10-42(11-9-41)7-3-6-35-30-36-19-23-15-24(27-25(33)4-2-5-26(27)34)29(37-28(23)38-30)39-31(43)40-32-16-20-12-21(17-32)14-22(13-20)18-32/h2,4-5,15,19-22H,3,6-14,16-18H2,1H3,(H3,35,36,37,38,39,40,43). The van der Waals surface area contributed by atoms with Crippen molar-refractivity contribution in [3.8, 4) is 11.1 Å². The number of hydrogen-bond acceptors (Lipinski definition) is 7. The lowest BCUT2D eigenvalue weighted by atomic mass is 9.53. The van der Waals surface area contributed by atoms with Gasteiger partial charge in [0.15, 0.2) is 5.65 Å². The van der Waals surface area contributed by atoms with Crippen LogP contribution < -0.4 is 16.0 Å². The Hall–Kier alpha value is -2.72. The SMILES string of the molecule is CN1CCN(CCCNc2ncc3cc(-c4c(Cl)cccc4Cl)c(NC(=O)NC45CC6CC(CC(C6)C4)C5)nc3n2)CC1. The summed E-state index contributed by atoms with van der Waals surface area (Å²) >= 11 is 13.3. The molecule has 3 N–H and O–H groups in total. The molecule has 1 saturated heterocycles. The Morgan fingerprint density at radius 1 is 1.00 bits per heavy atom. The summed E-state index contributed by atoms with van der Waals surface area (Å²) in [6, 6.07) is 7.05. The van der Waals surface area contributed by atoms with E-state index in [0.29, 0.717) is 38.6 Å². The van der Waals surface area contributed by atoms with Gasteiger partial charge in [-0.2, -0.15) is 4.98 Å². The number of nitrogens with zero attached hydrogens (tertiary/aromatic N) is 5. The van der Waals surface area contributed by atoms with Gasteiger partial charge < -0.3 is 20.4 Å². The quantitative estimate of drug-likeness (QED) is 0.260. The third kappa shape index (κ3) is 6.27. The van der Waals surface area contributed by atoms with Gasteiger partial charge in [0.05, 0.1) is 10.0 Å². The monoisotopic (exact) mass is 622 g/mol. The molecule has 1 aliphatic heterocycles. The predicted molar refractivity (Wildman–Crippen MR) is 173 cm³/mol. The number of piperazine rings is 1. The van der Waals surface area contributed by atoms with Gasteiger partial charge in [0.25, 0.3) is 0 Å². The summed E-state index contributed by atoms with van der Waals surface area (Å²) in [5.41, 5.74) is 1.63. The zero-order valence-electron chi connectivity index (χ0n) is 24.7. The Labute approximate surface area is 263 Å². The van der Waals surface area contributed by atoms with Crippen molar-refractivity contribution in [1.82, 2.24) is 30.1 Å². The van der Waals surface area contributed by atoms with Crippen molar-refractivity contribution >= 4 is 52.0 Å². The summed E-state index contributed by atoms with van der Waals surface area (Å²) in [5, 5.41) is 11.5. The highest BCUT2D eigenvalue weighted by atomic mass is 35.5. The van der Waals surface area contributed by atoms with Gasteiger partial charge in [-0.1, -0.05) is 29.3 Å². The summed E-state index contributed by atoms with van der Waals surface area (Å²) in [5.74, 6) is 3.08. The largest absolute Gasteiger partial charge is 0.354 e. The molecule has 4 saturated carbocycles. The summed E-state index contributed by atoms with van der Waals surface area (Å²) in [6.07, 6.45) is 9.90. The lowest BCUT2D eigenvalue weighted by Crippen LogP contribution is -2.60. The van der Waals surface area contributed by atoms with Gasteiger partial charge in [0.1, 0.15) is 5.82 Å². The molecule has 0 radical (unpaired) electrons. The number of hydrogen-bond donors (Lipinski definition) is 3. The van der Waals surface area contributed by atoms with Gasteiger partial charge in [0, 0.05) is 61.0 Å². The first-order valence-corrected chi connectivity index (χ1v) is 16.4. The maximum absolute atomic E-state index is 13.6. The predicted octanol–water partition coefficient (Wildman–Crippen LogP) is 6.14. The number of urea groups is 1. The Bertz CT molecular complexity index is 1450. The number of carbonyl (C=O) groups is 1. The second-order valence-electron chi connectivity index (χ2n) is 13.3. The number of nitrogens with one attached hydrogen (secondary N) is 3. The van der Waals surface area contributed by atoms with E-state index in [9.17, 15) is 4.79 Å². The van der Waals surface area contributed by atoms with Crippen LogP contribution in [0, 0.1) is 17.8 Å². The number of anilines is 2. The summed E-state index contributed by atoms with van der Waals surface area (Å²) in [4.78, 5) is 32.6. The second kappa shape index (κ2) is 12.0. The minimum absolute atomic E-state index is 0.124. The molecule has 3 aromatic rings. The highest BCUT2D eigenvalue weighted by Gasteiger charge is 2.51. The fourth-order valence-corrected chi connectivity index (χ4v) is 8.91. The van der Waals surface area contributed by atoms with Crippen LogP contribution in [0.25, 0.3) is 22.2 Å². The van der Waals surface area contributed by atoms with E-state index in [1.54, 1.807) is 24.4 Å². The lowest BCUT2D eigenvalue weighted by molar-refractivity contribution is -0.0127.